The van der Waals surface area contributed by atoms with Crippen molar-refractivity contribution in [3.8, 4) is 10.6 Å². The maximum Gasteiger partial charge on any atom is 0.230 e. The van der Waals surface area contributed by atoms with Gasteiger partial charge in [0.05, 0.1) is 11.4 Å². The molecule has 0 aliphatic carbocycles. The van der Waals surface area contributed by atoms with Crippen molar-refractivity contribution in [3.63, 3.8) is 0 Å². The van der Waals surface area contributed by atoms with Gasteiger partial charge in [-0.2, -0.15) is 0 Å². The Kier molecular flexibility index (Phi) is 6.35. The van der Waals surface area contributed by atoms with E-state index in [9.17, 15) is 13.6 Å². The summed E-state index contributed by atoms with van der Waals surface area (Å²) in [7, 11) is 0. The Bertz CT molecular complexity index is 864. The van der Waals surface area contributed by atoms with Gasteiger partial charge < -0.3 is 5.32 Å². The topological polar surface area (TPSA) is 42.0 Å². The Morgan fingerprint density at radius 1 is 1.04 bits per heavy atom. The minimum Gasteiger partial charge on any atom is -0.351 e. The van der Waals surface area contributed by atoms with E-state index in [0.29, 0.717) is 18.1 Å². The van der Waals surface area contributed by atoms with E-state index in [-0.39, 0.29) is 17.5 Å². The molecule has 3 nitrogen and oxygen atoms in total. The lowest BCUT2D eigenvalue weighted by molar-refractivity contribution is -0.118. The number of thiazole rings is 1. The van der Waals surface area contributed by atoms with Crippen molar-refractivity contribution in [1.82, 2.24) is 10.3 Å². The highest BCUT2D eigenvalue weighted by molar-refractivity contribution is 7.99. The van der Waals surface area contributed by atoms with Crippen molar-refractivity contribution >= 4 is 29.0 Å². The van der Waals surface area contributed by atoms with Gasteiger partial charge in [0, 0.05) is 23.2 Å². The molecule has 3 aromatic rings. The molecular weight excluding hydrogens is 374 g/mol. The summed E-state index contributed by atoms with van der Waals surface area (Å²) >= 11 is 2.97. The fourth-order valence-electron chi connectivity index (χ4n) is 2.20. The van der Waals surface area contributed by atoms with Crippen LogP contribution in [0.1, 0.15) is 11.3 Å². The predicted molar refractivity (Wildman–Crippen MR) is 102 cm³/mol. The molecule has 1 heterocycles. The first-order valence-electron chi connectivity index (χ1n) is 7.89. The highest BCUT2D eigenvalue weighted by Crippen LogP contribution is 2.25. The van der Waals surface area contributed by atoms with Crippen LogP contribution in [0, 0.1) is 11.6 Å². The molecule has 0 bridgehead atoms. The second kappa shape index (κ2) is 8.91. The first-order valence-corrected chi connectivity index (χ1v) is 9.93. The Balaban J connectivity index is 1.42. The van der Waals surface area contributed by atoms with E-state index < -0.39 is 0 Å². The minimum atomic E-state index is -0.293. The number of halogens is 2. The predicted octanol–water partition coefficient (Wildman–Crippen LogP) is 4.64. The summed E-state index contributed by atoms with van der Waals surface area (Å²) in [5.41, 5.74) is 2.63. The van der Waals surface area contributed by atoms with E-state index in [4.69, 9.17) is 0 Å². The Morgan fingerprint density at radius 3 is 2.38 bits per heavy atom. The van der Waals surface area contributed by atoms with Gasteiger partial charge in [0.2, 0.25) is 5.91 Å². The fourth-order valence-corrected chi connectivity index (χ4v) is 3.88. The Labute approximate surface area is 158 Å². The molecule has 7 heteroatoms. The lowest BCUT2D eigenvalue weighted by Crippen LogP contribution is -2.24. The summed E-state index contributed by atoms with van der Waals surface area (Å²) in [6.07, 6.45) is 0. The van der Waals surface area contributed by atoms with Gasteiger partial charge in [0.25, 0.3) is 0 Å². The number of nitrogens with zero attached hydrogens (tertiary/aromatic N) is 1. The summed E-state index contributed by atoms with van der Waals surface area (Å²) in [6.45, 7) is 0.380. The van der Waals surface area contributed by atoms with Crippen LogP contribution in [0.4, 0.5) is 8.78 Å². The number of carbonyl (C=O) groups is 1. The van der Waals surface area contributed by atoms with Crippen LogP contribution in [0.25, 0.3) is 10.6 Å². The molecule has 3 rings (SSSR count). The van der Waals surface area contributed by atoms with Crippen molar-refractivity contribution in [3.05, 3.63) is 76.8 Å². The second-order valence-electron chi connectivity index (χ2n) is 5.55. The molecule has 0 atom stereocenters. The van der Waals surface area contributed by atoms with E-state index in [1.54, 1.807) is 24.3 Å². The van der Waals surface area contributed by atoms with E-state index >= 15 is 0 Å². The number of thioether (sulfide) groups is 1. The van der Waals surface area contributed by atoms with E-state index in [1.165, 1.54) is 47.4 Å². The number of aromatic nitrogens is 1. The van der Waals surface area contributed by atoms with E-state index in [0.717, 1.165) is 21.8 Å². The molecule has 1 aromatic heterocycles. The third-order valence-corrected chi connectivity index (χ3v) is 5.44. The summed E-state index contributed by atoms with van der Waals surface area (Å²) in [5, 5.41) is 5.59. The monoisotopic (exact) mass is 390 g/mol. The number of hydrogen-bond donors (Lipinski definition) is 1. The van der Waals surface area contributed by atoms with Crippen LogP contribution in [0.3, 0.4) is 0 Å². The van der Waals surface area contributed by atoms with E-state index in [1.807, 2.05) is 5.38 Å². The zero-order valence-corrected chi connectivity index (χ0v) is 15.4. The first kappa shape index (κ1) is 18.5. The number of rotatable bonds is 7. The lowest BCUT2D eigenvalue weighted by Gasteiger charge is -2.05. The highest BCUT2D eigenvalue weighted by atomic mass is 32.2. The van der Waals surface area contributed by atoms with Crippen LogP contribution in [0.5, 0.6) is 0 Å². The van der Waals surface area contributed by atoms with Gasteiger partial charge in [-0.25, -0.2) is 13.8 Å². The van der Waals surface area contributed by atoms with Gasteiger partial charge in [-0.1, -0.05) is 12.1 Å². The average Bonchev–Trinajstić information content (AvgIpc) is 3.11. The molecule has 2 aromatic carbocycles. The third-order valence-electron chi connectivity index (χ3n) is 3.53. The van der Waals surface area contributed by atoms with Gasteiger partial charge in [0.15, 0.2) is 0 Å². The fraction of sp³-hybridized carbons (Fsp3) is 0.158. The number of benzene rings is 2. The summed E-state index contributed by atoms with van der Waals surface area (Å²) in [4.78, 5) is 16.4. The maximum atomic E-state index is 13.0. The molecule has 134 valence electrons. The summed E-state index contributed by atoms with van der Waals surface area (Å²) < 4.78 is 25.8. The maximum absolute atomic E-state index is 13.0. The molecule has 0 aliphatic rings. The zero-order valence-electron chi connectivity index (χ0n) is 13.7. The molecule has 0 aliphatic heterocycles. The molecular formula is C19H16F2N2OS2. The normalized spacial score (nSPS) is 10.7. The largest absolute Gasteiger partial charge is 0.351 e. The molecule has 1 N–H and O–H groups in total. The molecule has 0 radical (unpaired) electrons. The van der Waals surface area contributed by atoms with Crippen LogP contribution >= 0.6 is 23.1 Å². The van der Waals surface area contributed by atoms with Gasteiger partial charge in [0.1, 0.15) is 16.6 Å². The number of hydrogen-bond acceptors (Lipinski definition) is 4. The second-order valence-corrected chi connectivity index (χ2v) is 7.39. The van der Waals surface area contributed by atoms with Crippen LogP contribution in [-0.2, 0) is 17.1 Å². The average molecular weight is 390 g/mol. The SMILES string of the molecule is O=C(CSCc1csc(-c2ccc(F)cc2)n1)NCc1ccc(F)cc1. The van der Waals surface area contributed by atoms with Gasteiger partial charge in [-0.15, -0.1) is 23.1 Å². The molecule has 26 heavy (non-hydrogen) atoms. The van der Waals surface area contributed by atoms with Crippen LogP contribution in [-0.4, -0.2) is 16.6 Å². The van der Waals surface area contributed by atoms with Gasteiger partial charge in [-0.3, -0.25) is 4.79 Å². The standard InChI is InChI=1S/C19H16F2N2OS2/c20-15-5-1-13(2-6-15)9-22-18(24)12-25-10-17-11-26-19(23-17)14-3-7-16(21)8-4-14/h1-8,11H,9-10,12H2,(H,22,24). The van der Waals surface area contributed by atoms with Gasteiger partial charge in [-0.05, 0) is 42.0 Å². The number of carbonyl (C=O) groups excluding carboxylic acids is 1. The number of amides is 1. The van der Waals surface area contributed by atoms with Crippen molar-refractivity contribution in [2.75, 3.05) is 5.75 Å². The zero-order chi connectivity index (χ0) is 18.4. The summed E-state index contributed by atoms with van der Waals surface area (Å²) in [5.74, 6) is 0.312. The lowest BCUT2D eigenvalue weighted by atomic mass is 10.2. The molecule has 0 saturated carbocycles. The van der Waals surface area contributed by atoms with Crippen LogP contribution < -0.4 is 5.32 Å². The third kappa shape index (κ3) is 5.37. The van der Waals surface area contributed by atoms with E-state index in [2.05, 4.69) is 10.3 Å². The van der Waals surface area contributed by atoms with Gasteiger partial charge >= 0.3 is 0 Å². The Morgan fingerprint density at radius 2 is 1.69 bits per heavy atom. The molecule has 0 spiro atoms. The van der Waals surface area contributed by atoms with Crippen molar-refractivity contribution in [1.29, 1.82) is 0 Å². The minimum absolute atomic E-state index is 0.0756. The molecule has 0 fully saturated rings. The van der Waals surface area contributed by atoms with Crippen LogP contribution in [0.15, 0.2) is 53.9 Å². The van der Waals surface area contributed by atoms with Crippen molar-refractivity contribution in [2.45, 2.75) is 12.3 Å². The van der Waals surface area contributed by atoms with Crippen LogP contribution in [0.2, 0.25) is 0 Å². The molecule has 0 unspecified atom stereocenters. The van der Waals surface area contributed by atoms with Crippen molar-refractivity contribution < 1.29 is 13.6 Å². The van der Waals surface area contributed by atoms with Crippen molar-refractivity contribution in [2.24, 2.45) is 0 Å². The molecule has 1 amide bonds. The first-order chi connectivity index (χ1) is 12.6. The Hall–Kier alpha value is -2.25. The highest BCUT2D eigenvalue weighted by Gasteiger charge is 2.07. The number of nitrogens with one attached hydrogen (secondary N) is 1. The smallest absolute Gasteiger partial charge is 0.230 e. The molecule has 0 saturated heterocycles. The summed E-state index contributed by atoms with van der Waals surface area (Å²) in [6, 6.07) is 12.3. The quantitative estimate of drug-likeness (QED) is 0.639.